The second-order valence-corrected chi connectivity index (χ2v) is 5.72. The molecule has 0 spiro atoms. The molecule has 0 heterocycles. The minimum Gasteiger partial charge on any atom is -0.491 e. The van der Waals surface area contributed by atoms with E-state index < -0.39 is 0 Å². The quantitative estimate of drug-likeness (QED) is 0.885. The predicted octanol–water partition coefficient (Wildman–Crippen LogP) is 4.26. The summed E-state index contributed by atoms with van der Waals surface area (Å²) in [6.07, 6.45) is 0. The van der Waals surface area contributed by atoms with E-state index in [1.807, 2.05) is 7.05 Å². The molecule has 0 radical (unpaired) electrons. The van der Waals surface area contributed by atoms with Gasteiger partial charge in [-0.3, -0.25) is 0 Å². The highest BCUT2D eigenvalue weighted by Gasteiger charge is 2.12. The topological polar surface area (TPSA) is 21.3 Å². The van der Waals surface area contributed by atoms with Gasteiger partial charge >= 0.3 is 0 Å². The summed E-state index contributed by atoms with van der Waals surface area (Å²) in [4.78, 5) is 0. The van der Waals surface area contributed by atoms with E-state index in [9.17, 15) is 0 Å². The van der Waals surface area contributed by atoms with Gasteiger partial charge in [-0.1, -0.05) is 42.0 Å². The molecule has 0 amide bonds. The first-order valence-electron chi connectivity index (χ1n) is 7.46. The van der Waals surface area contributed by atoms with Crippen LogP contribution < -0.4 is 10.1 Å². The number of rotatable bonds is 5. The van der Waals surface area contributed by atoms with Crippen LogP contribution in [0.1, 0.15) is 33.9 Å². The molecule has 0 saturated heterocycles. The zero-order chi connectivity index (χ0) is 15.4. The highest BCUT2D eigenvalue weighted by molar-refractivity contribution is 5.44. The van der Waals surface area contributed by atoms with E-state index in [0.717, 1.165) is 5.75 Å². The maximum Gasteiger partial charge on any atom is 0.125 e. The van der Waals surface area contributed by atoms with Crippen molar-refractivity contribution < 1.29 is 4.74 Å². The minimum atomic E-state index is 0.199. The fourth-order valence-corrected chi connectivity index (χ4v) is 2.46. The molecular formula is C19H25NO. The molecule has 1 N–H and O–H groups in total. The van der Waals surface area contributed by atoms with Gasteiger partial charge in [0.1, 0.15) is 12.4 Å². The number of ether oxygens (including phenoxy) is 1. The van der Waals surface area contributed by atoms with Crippen molar-refractivity contribution in [2.24, 2.45) is 0 Å². The summed E-state index contributed by atoms with van der Waals surface area (Å²) in [6, 6.07) is 13.1. The van der Waals surface area contributed by atoms with Gasteiger partial charge in [0, 0.05) is 0 Å². The number of benzene rings is 2. The third-order valence-corrected chi connectivity index (χ3v) is 4.10. The van der Waals surface area contributed by atoms with E-state index >= 15 is 0 Å². The first-order chi connectivity index (χ1) is 10.0. The minimum absolute atomic E-state index is 0.199. The Morgan fingerprint density at radius 2 is 1.52 bits per heavy atom. The molecule has 0 fully saturated rings. The van der Waals surface area contributed by atoms with Crippen LogP contribution in [0, 0.1) is 27.7 Å². The average Bonchev–Trinajstić information content (AvgIpc) is 2.48. The number of likely N-dealkylation sites (N-methyl/N-ethyl adjacent to an activating group) is 1. The van der Waals surface area contributed by atoms with Crippen molar-refractivity contribution in [1.82, 2.24) is 5.32 Å². The Hall–Kier alpha value is -1.80. The first kappa shape index (κ1) is 15.6. The Morgan fingerprint density at radius 3 is 2.14 bits per heavy atom. The molecule has 1 unspecified atom stereocenters. The molecule has 2 aromatic rings. The van der Waals surface area contributed by atoms with Crippen molar-refractivity contribution in [1.29, 1.82) is 0 Å². The molecule has 0 aliphatic heterocycles. The summed E-state index contributed by atoms with van der Waals surface area (Å²) in [5.74, 6) is 1.02. The molecule has 0 aliphatic rings. The third-order valence-electron chi connectivity index (χ3n) is 4.10. The van der Waals surface area contributed by atoms with E-state index in [1.165, 1.54) is 27.8 Å². The molecule has 0 saturated carbocycles. The highest BCUT2D eigenvalue weighted by atomic mass is 16.5. The lowest BCUT2D eigenvalue weighted by Crippen LogP contribution is -2.23. The summed E-state index contributed by atoms with van der Waals surface area (Å²) >= 11 is 0. The Labute approximate surface area is 128 Å². The maximum atomic E-state index is 6.12. The molecule has 0 aromatic heterocycles. The monoisotopic (exact) mass is 283 g/mol. The fraction of sp³-hybridized carbons (Fsp3) is 0.368. The second-order valence-electron chi connectivity index (χ2n) is 5.72. The van der Waals surface area contributed by atoms with Crippen LogP contribution in [0.25, 0.3) is 0 Å². The van der Waals surface area contributed by atoms with Crippen molar-refractivity contribution in [2.45, 2.75) is 33.7 Å². The van der Waals surface area contributed by atoms with Gasteiger partial charge in [0.05, 0.1) is 6.04 Å². The number of hydrogen-bond acceptors (Lipinski definition) is 2. The van der Waals surface area contributed by atoms with Crippen LogP contribution in [-0.2, 0) is 0 Å². The van der Waals surface area contributed by atoms with Gasteiger partial charge in [-0.2, -0.15) is 0 Å². The SMILES string of the molecule is CNC(COc1c(C)ccc(C)c1C)c1ccc(C)cc1. The van der Waals surface area contributed by atoms with Crippen LogP contribution in [0.4, 0.5) is 0 Å². The summed E-state index contributed by atoms with van der Waals surface area (Å²) < 4.78 is 6.12. The molecule has 2 nitrogen and oxygen atoms in total. The molecule has 0 aliphatic carbocycles. The van der Waals surface area contributed by atoms with Crippen molar-refractivity contribution in [3.63, 3.8) is 0 Å². The molecule has 0 bridgehead atoms. The van der Waals surface area contributed by atoms with Crippen LogP contribution in [-0.4, -0.2) is 13.7 Å². The summed E-state index contributed by atoms with van der Waals surface area (Å²) in [5, 5.41) is 3.34. The first-order valence-corrected chi connectivity index (χ1v) is 7.46. The van der Waals surface area contributed by atoms with E-state index in [4.69, 9.17) is 4.74 Å². The normalized spacial score (nSPS) is 12.2. The summed E-state index contributed by atoms with van der Waals surface area (Å²) in [5.41, 5.74) is 6.23. The third kappa shape index (κ3) is 3.64. The summed E-state index contributed by atoms with van der Waals surface area (Å²) in [6.45, 7) is 9.08. The van der Waals surface area contributed by atoms with Crippen molar-refractivity contribution in [3.05, 3.63) is 64.2 Å². The predicted molar refractivity (Wildman–Crippen MR) is 89.1 cm³/mol. The molecule has 2 aromatic carbocycles. The largest absolute Gasteiger partial charge is 0.491 e. The van der Waals surface area contributed by atoms with Crippen molar-refractivity contribution >= 4 is 0 Å². The van der Waals surface area contributed by atoms with Crippen LogP contribution >= 0.6 is 0 Å². The number of hydrogen-bond donors (Lipinski definition) is 1. The van der Waals surface area contributed by atoms with E-state index in [2.05, 4.69) is 69.4 Å². The van der Waals surface area contributed by atoms with Crippen LogP contribution in [0.2, 0.25) is 0 Å². The lowest BCUT2D eigenvalue weighted by molar-refractivity contribution is 0.269. The van der Waals surface area contributed by atoms with Crippen molar-refractivity contribution in [3.8, 4) is 5.75 Å². The Morgan fingerprint density at radius 1 is 0.905 bits per heavy atom. The van der Waals surface area contributed by atoms with E-state index in [1.54, 1.807) is 0 Å². The molecule has 1 atom stereocenters. The maximum absolute atomic E-state index is 6.12. The lowest BCUT2D eigenvalue weighted by atomic mass is 10.0. The van der Waals surface area contributed by atoms with Gasteiger partial charge < -0.3 is 10.1 Å². The molecule has 112 valence electrons. The van der Waals surface area contributed by atoms with Crippen molar-refractivity contribution in [2.75, 3.05) is 13.7 Å². The average molecular weight is 283 g/mol. The molecule has 2 rings (SSSR count). The zero-order valence-corrected chi connectivity index (χ0v) is 13.7. The van der Waals surface area contributed by atoms with Gasteiger partial charge in [-0.15, -0.1) is 0 Å². The lowest BCUT2D eigenvalue weighted by Gasteiger charge is -2.20. The number of aryl methyl sites for hydroxylation is 3. The smallest absolute Gasteiger partial charge is 0.125 e. The van der Waals surface area contributed by atoms with Gasteiger partial charge in [0.2, 0.25) is 0 Å². The fourth-order valence-electron chi connectivity index (χ4n) is 2.46. The van der Waals surface area contributed by atoms with Gasteiger partial charge in [0.25, 0.3) is 0 Å². The Kier molecular flexibility index (Phi) is 5.03. The Bertz CT molecular complexity index is 602. The molecular weight excluding hydrogens is 258 g/mol. The van der Waals surface area contributed by atoms with E-state index in [-0.39, 0.29) is 6.04 Å². The zero-order valence-electron chi connectivity index (χ0n) is 13.7. The highest BCUT2D eigenvalue weighted by Crippen LogP contribution is 2.27. The van der Waals surface area contributed by atoms with Crippen LogP contribution in [0.5, 0.6) is 5.75 Å². The standard InChI is InChI=1S/C19H25NO/c1-13-6-10-17(11-7-13)18(20-5)12-21-19-15(3)9-8-14(2)16(19)4/h6-11,18,20H,12H2,1-5H3. The van der Waals surface area contributed by atoms with Crippen LogP contribution in [0.3, 0.4) is 0 Å². The molecule has 21 heavy (non-hydrogen) atoms. The van der Waals surface area contributed by atoms with Gasteiger partial charge in [-0.05, 0) is 57.0 Å². The van der Waals surface area contributed by atoms with Crippen LogP contribution in [0.15, 0.2) is 36.4 Å². The van der Waals surface area contributed by atoms with Gasteiger partial charge in [0.15, 0.2) is 0 Å². The molecule has 2 heteroatoms. The van der Waals surface area contributed by atoms with E-state index in [0.29, 0.717) is 6.61 Å². The second kappa shape index (κ2) is 6.77. The summed E-state index contributed by atoms with van der Waals surface area (Å²) in [7, 11) is 1.98. The number of nitrogens with one attached hydrogen (secondary N) is 1. The van der Waals surface area contributed by atoms with Gasteiger partial charge in [-0.25, -0.2) is 0 Å². The Balaban J connectivity index is 2.14.